The molecule has 1 aromatic heterocycles. The average molecular weight is 204 g/mol. The van der Waals surface area contributed by atoms with Crippen molar-refractivity contribution in [2.75, 3.05) is 0 Å². The van der Waals surface area contributed by atoms with Crippen LogP contribution in [-0.2, 0) is 0 Å². The molecule has 0 N–H and O–H groups in total. The molecule has 1 heterocycles. The molecule has 15 heavy (non-hydrogen) atoms. The minimum atomic E-state index is 0.452. The molecule has 0 spiro atoms. The van der Waals surface area contributed by atoms with Crippen LogP contribution in [0.1, 0.15) is 54.8 Å². The monoisotopic (exact) mass is 204 g/mol. The van der Waals surface area contributed by atoms with Gasteiger partial charge in [0.05, 0.1) is 0 Å². The maximum absolute atomic E-state index is 10.6. The highest BCUT2D eigenvalue weighted by atomic mass is 16.1. The number of hydrogen-bond donors (Lipinski definition) is 0. The quantitative estimate of drug-likeness (QED) is 0.695. The Morgan fingerprint density at radius 3 is 3.07 bits per heavy atom. The minimum absolute atomic E-state index is 0.452. The zero-order valence-electron chi connectivity index (χ0n) is 9.02. The number of hydrogen-bond acceptors (Lipinski definition) is 3. The first-order chi connectivity index (χ1) is 7.29. The number of nitrogens with zero attached hydrogens (tertiary/aromatic N) is 2. The molecule has 2 rings (SSSR count). The van der Waals surface area contributed by atoms with Crippen molar-refractivity contribution < 1.29 is 4.79 Å². The highest BCUT2D eigenvalue weighted by Crippen LogP contribution is 2.33. The van der Waals surface area contributed by atoms with Crippen molar-refractivity contribution in [1.82, 2.24) is 9.97 Å². The summed E-state index contributed by atoms with van der Waals surface area (Å²) in [6.45, 7) is 2.27. The van der Waals surface area contributed by atoms with E-state index in [0.717, 1.165) is 30.9 Å². The molecular formula is C12H16N2O. The molecule has 2 unspecified atom stereocenters. The van der Waals surface area contributed by atoms with E-state index in [1.54, 1.807) is 12.3 Å². The normalized spacial score (nSPS) is 26.2. The Morgan fingerprint density at radius 1 is 1.47 bits per heavy atom. The summed E-state index contributed by atoms with van der Waals surface area (Å²) in [5, 5.41) is 0. The van der Waals surface area contributed by atoms with E-state index < -0.39 is 0 Å². The van der Waals surface area contributed by atoms with Gasteiger partial charge in [-0.05, 0) is 24.8 Å². The van der Waals surface area contributed by atoms with E-state index in [2.05, 4.69) is 16.9 Å². The van der Waals surface area contributed by atoms with Crippen LogP contribution in [0.5, 0.6) is 0 Å². The van der Waals surface area contributed by atoms with Crippen molar-refractivity contribution in [1.29, 1.82) is 0 Å². The molecule has 0 bridgehead atoms. The maximum Gasteiger partial charge on any atom is 0.168 e. The van der Waals surface area contributed by atoms with Crippen LogP contribution < -0.4 is 0 Å². The van der Waals surface area contributed by atoms with Crippen molar-refractivity contribution in [2.45, 2.75) is 38.5 Å². The van der Waals surface area contributed by atoms with Gasteiger partial charge in [-0.1, -0.05) is 19.8 Å². The fourth-order valence-electron chi connectivity index (χ4n) is 2.32. The molecule has 2 atom stereocenters. The topological polar surface area (TPSA) is 42.9 Å². The van der Waals surface area contributed by atoms with E-state index in [1.165, 1.54) is 12.8 Å². The molecule has 3 nitrogen and oxygen atoms in total. The molecule has 1 aliphatic rings. The molecule has 0 radical (unpaired) electrons. The van der Waals surface area contributed by atoms with Gasteiger partial charge in [-0.2, -0.15) is 0 Å². The van der Waals surface area contributed by atoms with Crippen LogP contribution in [-0.4, -0.2) is 16.3 Å². The summed E-state index contributed by atoms with van der Waals surface area (Å²) in [4.78, 5) is 19.2. The lowest BCUT2D eigenvalue weighted by Gasteiger charge is -2.25. The predicted octanol–water partition coefficient (Wildman–Crippen LogP) is 2.58. The maximum atomic E-state index is 10.6. The molecule has 1 aromatic rings. The summed E-state index contributed by atoms with van der Waals surface area (Å²) < 4.78 is 0. The molecular weight excluding hydrogens is 188 g/mol. The lowest BCUT2D eigenvalue weighted by atomic mass is 9.82. The van der Waals surface area contributed by atoms with Crippen LogP contribution in [0.3, 0.4) is 0 Å². The third-order valence-electron chi connectivity index (χ3n) is 3.12. The lowest BCUT2D eigenvalue weighted by Crippen LogP contribution is -2.14. The SMILES string of the molecule is CC1CCCC(c2nccc(C=O)n2)C1. The fraction of sp³-hybridized carbons (Fsp3) is 0.583. The van der Waals surface area contributed by atoms with Crippen molar-refractivity contribution in [3.63, 3.8) is 0 Å². The van der Waals surface area contributed by atoms with Gasteiger partial charge in [-0.15, -0.1) is 0 Å². The van der Waals surface area contributed by atoms with Gasteiger partial charge in [0, 0.05) is 12.1 Å². The summed E-state index contributed by atoms with van der Waals surface area (Å²) in [7, 11) is 0. The van der Waals surface area contributed by atoms with Crippen LogP contribution in [0.4, 0.5) is 0 Å². The van der Waals surface area contributed by atoms with Gasteiger partial charge in [-0.3, -0.25) is 4.79 Å². The first kappa shape index (κ1) is 10.3. The Morgan fingerprint density at radius 2 is 2.33 bits per heavy atom. The summed E-state index contributed by atoms with van der Waals surface area (Å²) in [5.41, 5.74) is 0.498. The summed E-state index contributed by atoms with van der Waals surface area (Å²) >= 11 is 0. The second-order valence-electron chi connectivity index (χ2n) is 4.43. The highest BCUT2D eigenvalue weighted by molar-refractivity contribution is 5.71. The number of aldehydes is 1. The van der Waals surface area contributed by atoms with E-state index in [4.69, 9.17) is 0 Å². The predicted molar refractivity (Wildman–Crippen MR) is 57.8 cm³/mol. The lowest BCUT2D eigenvalue weighted by molar-refractivity contribution is 0.111. The first-order valence-corrected chi connectivity index (χ1v) is 5.57. The molecule has 0 amide bonds. The number of rotatable bonds is 2. The Labute approximate surface area is 89.9 Å². The van der Waals surface area contributed by atoms with Gasteiger partial charge in [0.15, 0.2) is 6.29 Å². The molecule has 1 saturated carbocycles. The second-order valence-corrected chi connectivity index (χ2v) is 4.43. The van der Waals surface area contributed by atoms with Crippen molar-refractivity contribution in [2.24, 2.45) is 5.92 Å². The van der Waals surface area contributed by atoms with Gasteiger partial charge in [-0.25, -0.2) is 9.97 Å². The van der Waals surface area contributed by atoms with Gasteiger partial charge in [0.25, 0.3) is 0 Å². The minimum Gasteiger partial charge on any atom is -0.296 e. The molecule has 0 aromatic carbocycles. The summed E-state index contributed by atoms with van der Waals surface area (Å²) in [6, 6.07) is 1.66. The van der Waals surface area contributed by atoms with Crippen molar-refractivity contribution in [3.05, 3.63) is 23.8 Å². The largest absolute Gasteiger partial charge is 0.296 e. The van der Waals surface area contributed by atoms with E-state index >= 15 is 0 Å². The third kappa shape index (κ3) is 2.41. The zero-order valence-corrected chi connectivity index (χ0v) is 9.02. The Balaban J connectivity index is 2.17. The second kappa shape index (κ2) is 4.51. The highest BCUT2D eigenvalue weighted by Gasteiger charge is 2.22. The standard InChI is InChI=1S/C12H16N2O/c1-9-3-2-4-10(7-9)12-13-6-5-11(8-15)14-12/h5-6,8-10H,2-4,7H2,1H3. The van der Waals surface area contributed by atoms with Crippen molar-refractivity contribution >= 4 is 6.29 Å². The number of carbonyl (C=O) groups excluding carboxylic acids is 1. The molecule has 0 aliphatic heterocycles. The molecule has 80 valence electrons. The fourth-order valence-corrected chi connectivity index (χ4v) is 2.32. The van der Waals surface area contributed by atoms with Gasteiger partial charge >= 0.3 is 0 Å². The molecule has 3 heteroatoms. The van der Waals surface area contributed by atoms with Crippen LogP contribution in [0, 0.1) is 5.92 Å². The van der Waals surface area contributed by atoms with E-state index in [1.807, 2.05) is 0 Å². The van der Waals surface area contributed by atoms with Crippen LogP contribution >= 0.6 is 0 Å². The van der Waals surface area contributed by atoms with E-state index in [-0.39, 0.29) is 0 Å². The number of aromatic nitrogens is 2. The van der Waals surface area contributed by atoms with Crippen LogP contribution in [0.2, 0.25) is 0 Å². The Bertz CT molecular complexity index is 351. The first-order valence-electron chi connectivity index (χ1n) is 5.57. The zero-order chi connectivity index (χ0) is 10.7. The Hall–Kier alpha value is -1.25. The summed E-state index contributed by atoms with van der Waals surface area (Å²) in [5.74, 6) is 2.06. The molecule has 1 fully saturated rings. The van der Waals surface area contributed by atoms with Crippen LogP contribution in [0.25, 0.3) is 0 Å². The van der Waals surface area contributed by atoms with Crippen LogP contribution in [0.15, 0.2) is 12.3 Å². The number of carbonyl (C=O) groups is 1. The van der Waals surface area contributed by atoms with Crippen molar-refractivity contribution in [3.8, 4) is 0 Å². The summed E-state index contributed by atoms with van der Waals surface area (Å²) in [6.07, 6.45) is 7.35. The smallest absolute Gasteiger partial charge is 0.168 e. The molecule has 0 saturated heterocycles. The average Bonchev–Trinajstić information content (AvgIpc) is 2.29. The van der Waals surface area contributed by atoms with Gasteiger partial charge in [0.1, 0.15) is 11.5 Å². The van der Waals surface area contributed by atoms with E-state index in [0.29, 0.717) is 11.6 Å². The molecule has 1 aliphatic carbocycles. The van der Waals surface area contributed by atoms with Gasteiger partial charge in [0.2, 0.25) is 0 Å². The van der Waals surface area contributed by atoms with Gasteiger partial charge < -0.3 is 0 Å². The Kier molecular flexibility index (Phi) is 3.09. The van der Waals surface area contributed by atoms with E-state index in [9.17, 15) is 4.79 Å². The third-order valence-corrected chi connectivity index (χ3v) is 3.12.